The number of nitrogens with zero attached hydrogens (tertiary/aromatic N) is 3. The zero-order valence-corrected chi connectivity index (χ0v) is 16.8. The van der Waals surface area contributed by atoms with Crippen molar-refractivity contribution in [3.63, 3.8) is 0 Å². The highest BCUT2D eigenvalue weighted by atomic mass is 16.3. The number of nitrogens with one attached hydrogen (secondary N) is 1. The number of fused-ring (bicyclic) bond motifs is 2. The van der Waals surface area contributed by atoms with Crippen molar-refractivity contribution < 1.29 is 14.7 Å². The zero-order valence-electron chi connectivity index (χ0n) is 16.8. The molecule has 1 aliphatic heterocycles. The third kappa shape index (κ3) is 3.52. The van der Waals surface area contributed by atoms with Gasteiger partial charge in [0.05, 0.1) is 29.2 Å². The second-order valence-corrected chi connectivity index (χ2v) is 7.90. The van der Waals surface area contributed by atoms with E-state index in [0.717, 1.165) is 37.1 Å². The summed E-state index contributed by atoms with van der Waals surface area (Å²) < 4.78 is 0. The smallest absolute Gasteiger partial charge is 0.232 e. The van der Waals surface area contributed by atoms with E-state index in [9.17, 15) is 14.7 Å². The number of benzene rings is 1. The van der Waals surface area contributed by atoms with Crippen LogP contribution in [0.2, 0.25) is 0 Å². The third-order valence-corrected chi connectivity index (χ3v) is 6.15. The number of amides is 1. The quantitative estimate of drug-likeness (QED) is 0.610. The molecular weight excluding hydrogens is 368 g/mol. The van der Waals surface area contributed by atoms with E-state index in [0.29, 0.717) is 23.4 Å². The fourth-order valence-corrected chi connectivity index (χ4v) is 4.50. The summed E-state index contributed by atoms with van der Waals surface area (Å²) in [5, 5.41) is 13.3. The number of hydrogen-bond acceptors (Lipinski definition) is 6. The predicted octanol–water partition coefficient (Wildman–Crippen LogP) is 3.70. The second-order valence-electron chi connectivity index (χ2n) is 7.90. The van der Waals surface area contributed by atoms with E-state index in [1.807, 2.05) is 20.2 Å². The topological polar surface area (TPSA) is 85.8 Å². The first kappa shape index (κ1) is 19.2. The number of phenolic OH excluding ortho intramolecular Hbond substituents is 1. The van der Waals surface area contributed by atoms with Gasteiger partial charge in [0.1, 0.15) is 17.9 Å². The van der Waals surface area contributed by atoms with Crippen LogP contribution in [0.25, 0.3) is 0 Å². The van der Waals surface area contributed by atoms with Gasteiger partial charge in [-0.25, -0.2) is 4.98 Å². The number of carbonyl (C=O) groups is 2. The maximum absolute atomic E-state index is 13.1. The average molecular weight is 394 g/mol. The van der Waals surface area contributed by atoms with Gasteiger partial charge in [0.15, 0.2) is 0 Å². The molecular formula is C22H26N4O3. The maximum atomic E-state index is 13.1. The fraction of sp³-hybridized carbons (Fsp3) is 0.409. The van der Waals surface area contributed by atoms with Gasteiger partial charge >= 0.3 is 0 Å². The molecule has 1 amide bonds. The summed E-state index contributed by atoms with van der Waals surface area (Å²) in [5.41, 5.74) is 2.60. The molecule has 2 heterocycles. The van der Waals surface area contributed by atoms with Gasteiger partial charge in [-0.3, -0.25) is 9.59 Å². The van der Waals surface area contributed by atoms with Crippen molar-refractivity contribution in [3.05, 3.63) is 36.0 Å². The molecule has 0 bridgehead atoms. The Kier molecular flexibility index (Phi) is 5.13. The number of rotatable bonds is 3. The van der Waals surface area contributed by atoms with Crippen LogP contribution < -0.4 is 15.1 Å². The molecule has 1 aromatic heterocycles. The van der Waals surface area contributed by atoms with Crippen LogP contribution in [0.3, 0.4) is 0 Å². The summed E-state index contributed by atoms with van der Waals surface area (Å²) in [5.74, 6) is 0.705. The lowest BCUT2D eigenvalue weighted by Crippen LogP contribution is -2.42. The largest absolute Gasteiger partial charge is 0.506 e. The molecule has 0 saturated heterocycles. The van der Waals surface area contributed by atoms with Crippen LogP contribution in [0.4, 0.5) is 22.9 Å². The highest BCUT2D eigenvalue weighted by molar-refractivity contribution is 6.00. The summed E-state index contributed by atoms with van der Waals surface area (Å²) in [4.78, 5) is 32.4. The first-order valence-corrected chi connectivity index (χ1v) is 10.0. The van der Waals surface area contributed by atoms with Gasteiger partial charge in [0.2, 0.25) is 5.91 Å². The minimum atomic E-state index is -0.0178. The van der Waals surface area contributed by atoms with Gasteiger partial charge in [-0.15, -0.1) is 0 Å². The monoisotopic (exact) mass is 394 g/mol. The Hall–Kier alpha value is -3.09. The van der Waals surface area contributed by atoms with Crippen LogP contribution in [0, 0.1) is 5.92 Å². The van der Waals surface area contributed by atoms with E-state index < -0.39 is 0 Å². The average Bonchev–Trinajstić information content (AvgIpc) is 3.02. The fourth-order valence-electron chi connectivity index (χ4n) is 4.50. The van der Waals surface area contributed by atoms with Crippen LogP contribution in [-0.4, -0.2) is 42.4 Å². The van der Waals surface area contributed by atoms with Crippen molar-refractivity contribution in [3.8, 4) is 5.75 Å². The number of carbonyl (C=O) groups excluding carboxylic acids is 2. The number of pyridine rings is 1. The van der Waals surface area contributed by atoms with Crippen molar-refractivity contribution in [2.24, 2.45) is 5.92 Å². The minimum Gasteiger partial charge on any atom is -0.506 e. The van der Waals surface area contributed by atoms with Gasteiger partial charge in [-0.2, -0.15) is 0 Å². The molecule has 7 nitrogen and oxygen atoms in total. The molecule has 2 atom stereocenters. The van der Waals surface area contributed by atoms with Crippen molar-refractivity contribution in [1.29, 1.82) is 0 Å². The summed E-state index contributed by atoms with van der Waals surface area (Å²) in [7, 11) is 3.87. The molecule has 1 aliphatic carbocycles. The third-order valence-electron chi connectivity index (χ3n) is 6.15. The Morgan fingerprint density at radius 3 is 2.69 bits per heavy atom. The number of phenols is 1. The molecule has 2 aromatic rings. The van der Waals surface area contributed by atoms with E-state index in [4.69, 9.17) is 0 Å². The molecule has 2 N–H and O–H groups in total. The number of aldehydes is 1. The molecule has 1 fully saturated rings. The van der Waals surface area contributed by atoms with Crippen LogP contribution in [0.5, 0.6) is 5.75 Å². The second kappa shape index (κ2) is 7.73. The molecule has 152 valence electrons. The Morgan fingerprint density at radius 2 is 1.93 bits per heavy atom. The number of aromatic hydroxyl groups is 1. The van der Waals surface area contributed by atoms with E-state index in [1.165, 1.54) is 12.5 Å². The molecule has 1 aromatic carbocycles. The maximum Gasteiger partial charge on any atom is 0.232 e. The van der Waals surface area contributed by atoms with Gasteiger partial charge in [0, 0.05) is 31.8 Å². The van der Waals surface area contributed by atoms with E-state index in [-0.39, 0.29) is 23.6 Å². The standard InChI is InChI=1S/C22H26N4O3/c1-25-17-7-5-3-4-6-15(17)22(29)26(2)19-12-23-21(11-18(19)25)24-16-9-8-14(13-27)10-20(16)28/h8-13,15,17,28H,3-7H2,1-2H3,(H,23,24). The molecule has 29 heavy (non-hydrogen) atoms. The Labute approximate surface area is 170 Å². The summed E-state index contributed by atoms with van der Waals surface area (Å²) >= 11 is 0. The number of anilines is 4. The lowest BCUT2D eigenvalue weighted by molar-refractivity contribution is -0.122. The van der Waals surface area contributed by atoms with Crippen molar-refractivity contribution in [2.45, 2.75) is 38.1 Å². The molecule has 4 rings (SSSR count). The van der Waals surface area contributed by atoms with Crippen molar-refractivity contribution >= 4 is 35.1 Å². The van der Waals surface area contributed by atoms with Crippen molar-refractivity contribution in [2.75, 3.05) is 29.2 Å². The Morgan fingerprint density at radius 1 is 1.14 bits per heavy atom. The Balaban J connectivity index is 1.70. The van der Waals surface area contributed by atoms with E-state index >= 15 is 0 Å². The summed E-state index contributed by atoms with van der Waals surface area (Å²) in [6.07, 6.45) is 7.70. The van der Waals surface area contributed by atoms with Gasteiger partial charge in [-0.05, 0) is 31.0 Å². The molecule has 0 spiro atoms. The van der Waals surface area contributed by atoms with Crippen molar-refractivity contribution in [1.82, 2.24) is 4.98 Å². The minimum absolute atomic E-state index is 0.00348. The van der Waals surface area contributed by atoms with Gasteiger partial charge < -0.3 is 20.2 Å². The first-order valence-electron chi connectivity index (χ1n) is 10.0. The van der Waals surface area contributed by atoms with Crippen LogP contribution in [0.1, 0.15) is 42.5 Å². The molecule has 1 saturated carbocycles. The summed E-state index contributed by atoms with van der Waals surface area (Å²) in [6.45, 7) is 0. The molecule has 0 radical (unpaired) electrons. The highest BCUT2D eigenvalue weighted by Gasteiger charge is 2.39. The zero-order chi connectivity index (χ0) is 20.5. The first-order chi connectivity index (χ1) is 14.0. The van der Waals surface area contributed by atoms with E-state index in [2.05, 4.69) is 15.2 Å². The number of aromatic nitrogens is 1. The SMILES string of the molecule is CN1C(=O)C2CCCCCC2N(C)c2cc(Nc3ccc(C=O)cc3O)ncc21. The number of hydrogen-bond donors (Lipinski definition) is 2. The van der Waals surface area contributed by atoms with Gasteiger partial charge in [-0.1, -0.05) is 19.3 Å². The lowest BCUT2D eigenvalue weighted by Gasteiger charge is -2.32. The van der Waals surface area contributed by atoms with Gasteiger partial charge in [0.25, 0.3) is 0 Å². The highest BCUT2D eigenvalue weighted by Crippen LogP contribution is 2.41. The molecule has 7 heteroatoms. The van der Waals surface area contributed by atoms with Crippen LogP contribution >= 0.6 is 0 Å². The Bertz CT molecular complexity index is 946. The lowest BCUT2D eigenvalue weighted by atomic mass is 9.93. The van der Waals surface area contributed by atoms with Crippen LogP contribution in [-0.2, 0) is 4.79 Å². The van der Waals surface area contributed by atoms with E-state index in [1.54, 1.807) is 23.2 Å². The molecule has 2 aliphatic rings. The predicted molar refractivity (Wildman–Crippen MR) is 113 cm³/mol. The summed E-state index contributed by atoms with van der Waals surface area (Å²) in [6, 6.07) is 6.77. The molecule has 2 unspecified atom stereocenters. The normalized spacial score (nSPS) is 21.7. The van der Waals surface area contributed by atoms with Crippen LogP contribution in [0.15, 0.2) is 30.5 Å².